The number of hydrogen-bond donors (Lipinski definition) is 0. The molecule has 0 saturated heterocycles. The van der Waals surface area contributed by atoms with Crippen LogP contribution in [-0.2, 0) is 16.0 Å². The van der Waals surface area contributed by atoms with Crippen LogP contribution >= 0.6 is 0 Å². The van der Waals surface area contributed by atoms with Gasteiger partial charge in [0.1, 0.15) is 11.9 Å². The fourth-order valence-corrected chi connectivity index (χ4v) is 2.63. The van der Waals surface area contributed by atoms with Crippen LogP contribution in [0.3, 0.4) is 0 Å². The molecule has 3 rings (SSSR count). The molecule has 0 spiro atoms. The number of para-hydroxylation sites is 1. The van der Waals surface area contributed by atoms with Gasteiger partial charge in [-0.2, -0.15) is 0 Å². The Balaban J connectivity index is 1.67. The average molecular weight is 295 g/mol. The zero-order valence-electron chi connectivity index (χ0n) is 12.4. The van der Waals surface area contributed by atoms with Crippen LogP contribution in [0.15, 0.2) is 48.7 Å². The van der Waals surface area contributed by atoms with Crippen molar-refractivity contribution in [3.05, 3.63) is 65.5 Å². The number of hydrogen-bond acceptors (Lipinski definition) is 4. The molecular weight excluding hydrogens is 278 g/mol. The van der Waals surface area contributed by atoms with Crippen LogP contribution in [0.4, 0.5) is 0 Å². The first-order valence-electron chi connectivity index (χ1n) is 7.23. The monoisotopic (exact) mass is 295 g/mol. The van der Waals surface area contributed by atoms with Gasteiger partial charge in [-0.3, -0.25) is 4.98 Å². The molecule has 1 heterocycles. The van der Waals surface area contributed by atoms with Crippen molar-refractivity contribution in [1.82, 2.24) is 4.98 Å². The van der Waals surface area contributed by atoms with E-state index in [4.69, 9.17) is 9.47 Å². The Morgan fingerprint density at radius 1 is 1.27 bits per heavy atom. The van der Waals surface area contributed by atoms with Crippen LogP contribution in [0.1, 0.15) is 29.3 Å². The Bertz CT molecular complexity index is 709. The Labute approximate surface area is 129 Å². The number of ether oxygens (including phenoxy) is 2. The molecule has 22 heavy (non-hydrogen) atoms. The summed E-state index contributed by atoms with van der Waals surface area (Å²) in [6.07, 6.45) is 6.31. The molecule has 1 aliphatic carbocycles. The molecule has 1 aliphatic rings. The number of rotatable bonds is 4. The summed E-state index contributed by atoms with van der Waals surface area (Å²) >= 11 is 0. The van der Waals surface area contributed by atoms with Gasteiger partial charge in [0, 0.05) is 17.8 Å². The molecule has 0 radical (unpaired) electrons. The average Bonchev–Trinajstić information content (AvgIpc) is 2.96. The first-order chi connectivity index (χ1) is 10.8. The highest BCUT2D eigenvalue weighted by Crippen LogP contribution is 2.32. The molecular formula is C18H17NO3. The van der Waals surface area contributed by atoms with Gasteiger partial charge < -0.3 is 9.47 Å². The van der Waals surface area contributed by atoms with Gasteiger partial charge in [0.2, 0.25) is 0 Å². The van der Waals surface area contributed by atoms with Gasteiger partial charge in [-0.05, 0) is 36.6 Å². The van der Waals surface area contributed by atoms with Gasteiger partial charge in [0.25, 0.3) is 0 Å². The number of nitrogens with zero attached hydrogens (tertiary/aromatic N) is 1. The molecule has 0 N–H and O–H groups in total. The van der Waals surface area contributed by atoms with Gasteiger partial charge in [-0.1, -0.05) is 24.3 Å². The lowest BCUT2D eigenvalue weighted by Gasteiger charge is -2.10. The van der Waals surface area contributed by atoms with Gasteiger partial charge in [-0.15, -0.1) is 0 Å². The Morgan fingerprint density at radius 3 is 3.00 bits per heavy atom. The van der Waals surface area contributed by atoms with Crippen LogP contribution in [-0.4, -0.2) is 18.1 Å². The van der Waals surface area contributed by atoms with Crippen LogP contribution < -0.4 is 4.74 Å². The highest BCUT2D eigenvalue weighted by atomic mass is 16.5. The summed E-state index contributed by atoms with van der Waals surface area (Å²) in [6.45, 7) is 0. The van der Waals surface area contributed by atoms with Crippen molar-refractivity contribution in [2.75, 3.05) is 7.11 Å². The van der Waals surface area contributed by atoms with Crippen molar-refractivity contribution in [2.45, 2.75) is 18.9 Å². The zero-order valence-corrected chi connectivity index (χ0v) is 12.4. The van der Waals surface area contributed by atoms with Crippen LogP contribution in [0.2, 0.25) is 0 Å². The molecule has 1 unspecified atom stereocenters. The standard InChI is InChI=1S/C18H17NO3/c1-21-15-7-3-2-5-13(15)9-11-17(20)22-16-10-8-14-6-4-12-19-18(14)16/h2-7,9,11-12,16H,8,10H2,1H3. The van der Waals surface area contributed by atoms with E-state index in [1.165, 1.54) is 6.08 Å². The van der Waals surface area contributed by atoms with Crippen molar-refractivity contribution in [3.8, 4) is 5.75 Å². The summed E-state index contributed by atoms with van der Waals surface area (Å²) in [4.78, 5) is 16.3. The number of benzene rings is 1. The number of fused-ring (bicyclic) bond motifs is 1. The highest BCUT2D eigenvalue weighted by Gasteiger charge is 2.26. The summed E-state index contributed by atoms with van der Waals surface area (Å²) in [5.41, 5.74) is 2.88. The summed E-state index contributed by atoms with van der Waals surface area (Å²) in [5.74, 6) is 0.355. The molecule has 1 atom stereocenters. The lowest BCUT2D eigenvalue weighted by Crippen LogP contribution is -2.07. The minimum absolute atomic E-state index is 0.244. The summed E-state index contributed by atoms with van der Waals surface area (Å²) in [5, 5.41) is 0. The van der Waals surface area contributed by atoms with Crippen molar-refractivity contribution < 1.29 is 14.3 Å². The molecule has 0 saturated carbocycles. The molecule has 1 aromatic carbocycles. The van der Waals surface area contributed by atoms with E-state index in [0.29, 0.717) is 0 Å². The van der Waals surface area contributed by atoms with Crippen LogP contribution in [0.25, 0.3) is 6.08 Å². The van der Waals surface area contributed by atoms with E-state index in [0.717, 1.165) is 35.4 Å². The predicted molar refractivity (Wildman–Crippen MR) is 83.4 cm³/mol. The smallest absolute Gasteiger partial charge is 0.331 e. The predicted octanol–water partition coefficient (Wildman–Crippen LogP) is 3.33. The van der Waals surface area contributed by atoms with Gasteiger partial charge >= 0.3 is 5.97 Å². The summed E-state index contributed by atoms with van der Waals surface area (Å²) in [7, 11) is 1.60. The molecule has 2 aromatic rings. The molecule has 0 fully saturated rings. The number of esters is 1. The van der Waals surface area contributed by atoms with Gasteiger partial charge in [0.15, 0.2) is 0 Å². The Hall–Kier alpha value is -2.62. The zero-order chi connectivity index (χ0) is 15.4. The third-order valence-corrected chi connectivity index (χ3v) is 3.70. The van der Waals surface area contributed by atoms with E-state index in [2.05, 4.69) is 4.98 Å². The van der Waals surface area contributed by atoms with Crippen molar-refractivity contribution in [2.24, 2.45) is 0 Å². The molecule has 4 nitrogen and oxygen atoms in total. The Kier molecular flexibility index (Phi) is 4.19. The molecule has 0 aliphatic heterocycles. The van der Waals surface area contributed by atoms with E-state index in [-0.39, 0.29) is 12.1 Å². The van der Waals surface area contributed by atoms with Crippen molar-refractivity contribution >= 4 is 12.0 Å². The van der Waals surface area contributed by atoms with E-state index in [1.54, 1.807) is 19.4 Å². The number of carbonyl (C=O) groups excluding carboxylic acids is 1. The second-order valence-electron chi connectivity index (χ2n) is 5.09. The first kappa shape index (κ1) is 14.3. The van der Waals surface area contributed by atoms with E-state index in [9.17, 15) is 4.79 Å². The van der Waals surface area contributed by atoms with Gasteiger partial charge in [0.05, 0.1) is 12.8 Å². The third-order valence-electron chi connectivity index (χ3n) is 3.70. The SMILES string of the molecule is COc1ccccc1C=CC(=O)OC1CCc2cccnc21. The van der Waals surface area contributed by atoms with E-state index in [1.807, 2.05) is 36.4 Å². The third kappa shape index (κ3) is 3.01. The number of aromatic nitrogens is 1. The van der Waals surface area contributed by atoms with Crippen LogP contribution in [0.5, 0.6) is 5.75 Å². The van der Waals surface area contributed by atoms with Crippen LogP contribution in [0, 0.1) is 0 Å². The summed E-state index contributed by atoms with van der Waals surface area (Å²) in [6, 6.07) is 11.4. The minimum atomic E-state index is -0.366. The maximum absolute atomic E-state index is 12.0. The topological polar surface area (TPSA) is 48.4 Å². The molecule has 0 amide bonds. The fourth-order valence-electron chi connectivity index (χ4n) is 2.63. The maximum Gasteiger partial charge on any atom is 0.331 e. The lowest BCUT2D eigenvalue weighted by molar-refractivity contribution is -0.143. The van der Waals surface area contributed by atoms with E-state index >= 15 is 0 Å². The second kappa shape index (κ2) is 6.43. The Morgan fingerprint density at radius 2 is 2.14 bits per heavy atom. The number of pyridine rings is 1. The normalized spacial score (nSPS) is 16.5. The van der Waals surface area contributed by atoms with Crippen molar-refractivity contribution in [1.29, 1.82) is 0 Å². The number of carbonyl (C=O) groups is 1. The largest absolute Gasteiger partial charge is 0.496 e. The van der Waals surface area contributed by atoms with Crippen molar-refractivity contribution in [3.63, 3.8) is 0 Å². The molecule has 112 valence electrons. The molecule has 4 heteroatoms. The maximum atomic E-state index is 12.0. The summed E-state index contributed by atoms with van der Waals surface area (Å²) < 4.78 is 10.7. The van der Waals surface area contributed by atoms with E-state index < -0.39 is 0 Å². The first-order valence-corrected chi connectivity index (χ1v) is 7.23. The second-order valence-corrected chi connectivity index (χ2v) is 5.09. The quantitative estimate of drug-likeness (QED) is 0.641. The molecule has 0 bridgehead atoms. The number of methoxy groups -OCH3 is 1. The molecule has 1 aromatic heterocycles. The number of aryl methyl sites for hydroxylation is 1. The minimum Gasteiger partial charge on any atom is -0.496 e. The lowest BCUT2D eigenvalue weighted by atomic mass is 10.2. The van der Waals surface area contributed by atoms with Gasteiger partial charge in [-0.25, -0.2) is 4.79 Å². The fraction of sp³-hybridized carbons (Fsp3) is 0.222. The highest BCUT2D eigenvalue weighted by molar-refractivity contribution is 5.87.